The predicted octanol–water partition coefficient (Wildman–Crippen LogP) is 1.05. The third kappa shape index (κ3) is 1.94. The van der Waals surface area contributed by atoms with Crippen LogP contribution in [0, 0.1) is 3.57 Å². The van der Waals surface area contributed by atoms with Gasteiger partial charge in [-0.1, -0.05) is 6.07 Å². The van der Waals surface area contributed by atoms with Gasteiger partial charge in [-0.25, -0.2) is 0 Å². The number of rotatable bonds is 0. The molecule has 0 spiro atoms. The van der Waals surface area contributed by atoms with Gasteiger partial charge < -0.3 is 0 Å². The summed E-state index contributed by atoms with van der Waals surface area (Å²) in [6, 6.07) is 5.67. The minimum Gasteiger partial charge on any atom is -0.271 e. The van der Waals surface area contributed by atoms with E-state index in [0.29, 0.717) is 12.2 Å². The third-order valence-corrected chi connectivity index (χ3v) is 3.45. The van der Waals surface area contributed by atoms with E-state index in [1.807, 2.05) is 18.2 Å². The van der Waals surface area contributed by atoms with Gasteiger partial charge in [-0.05, 0) is 40.3 Å². The predicted molar refractivity (Wildman–Crippen MR) is 58.5 cm³/mol. The molecule has 1 heterocycles. The lowest BCUT2D eigenvalue weighted by atomic mass is 10.2. The standard InChI is InChI=1S/C7H7IN2O2S/c8-6-2-1-5-4-9-13(11,12)10-7(5)3-6/h1-3,9-10H,4H2. The zero-order valence-electron chi connectivity index (χ0n) is 6.54. The van der Waals surface area contributed by atoms with Gasteiger partial charge in [-0.15, -0.1) is 0 Å². The van der Waals surface area contributed by atoms with Crippen LogP contribution < -0.4 is 9.44 Å². The largest absolute Gasteiger partial charge is 0.299 e. The van der Waals surface area contributed by atoms with Crippen LogP contribution in [0.3, 0.4) is 0 Å². The second-order valence-corrected chi connectivity index (χ2v) is 5.47. The van der Waals surface area contributed by atoms with Crippen molar-refractivity contribution in [3.63, 3.8) is 0 Å². The molecule has 1 aromatic carbocycles. The summed E-state index contributed by atoms with van der Waals surface area (Å²) in [5.74, 6) is 0. The van der Waals surface area contributed by atoms with Crippen molar-refractivity contribution in [3.05, 3.63) is 27.3 Å². The van der Waals surface area contributed by atoms with E-state index in [-0.39, 0.29) is 0 Å². The van der Waals surface area contributed by atoms with Crippen LogP contribution in [0.2, 0.25) is 0 Å². The molecule has 0 unspecified atom stereocenters. The maximum atomic E-state index is 11.1. The van der Waals surface area contributed by atoms with Gasteiger partial charge in [0, 0.05) is 10.1 Å². The lowest BCUT2D eigenvalue weighted by Gasteiger charge is -2.18. The fourth-order valence-corrected chi connectivity index (χ4v) is 2.54. The number of fused-ring (bicyclic) bond motifs is 1. The molecular weight excluding hydrogens is 303 g/mol. The van der Waals surface area contributed by atoms with Crippen molar-refractivity contribution >= 4 is 38.5 Å². The number of hydrogen-bond acceptors (Lipinski definition) is 2. The fraction of sp³-hybridized carbons (Fsp3) is 0.143. The zero-order chi connectivity index (χ0) is 9.47. The van der Waals surface area contributed by atoms with Crippen LogP contribution in [0.25, 0.3) is 0 Å². The molecule has 6 heteroatoms. The molecule has 0 atom stereocenters. The van der Waals surface area contributed by atoms with Gasteiger partial charge in [0.2, 0.25) is 0 Å². The van der Waals surface area contributed by atoms with Gasteiger partial charge in [-0.3, -0.25) is 4.72 Å². The highest BCUT2D eigenvalue weighted by atomic mass is 127. The van der Waals surface area contributed by atoms with Crippen molar-refractivity contribution in [2.45, 2.75) is 6.54 Å². The van der Waals surface area contributed by atoms with Crippen LogP contribution in [0.15, 0.2) is 18.2 Å². The second-order valence-electron chi connectivity index (χ2n) is 2.73. The lowest BCUT2D eigenvalue weighted by Crippen LogP contribution is -2.34. The molecule has 0 saturated heterocycles. The van der Waals surface area contributed by atoms with E-state index in [0.717, 1.165) is 9.13 Å². The highest BCUT2D eigenvalue weighted by Gasteiger charge is 2.18. The Morgan fingerprint density at radius 3 is 2.92 bits per heavy atom. The Morgan fingerprint density at radius 1 is 1.38 bits per heavy atom. The van der Waals surface area contributed by atoms with Crippen molar-refractivity contribution in [3.8, 4) is 0 Å². The van der Waals surface area contributed by atoms with Gasteiger partial charge in [0.05, 0.1) is 5.69 Å². The van der Waals surface area contributed by atoms with E-state index in [4.69, 9.17) is 0 Å². The van der Waals surface area contributed by atoms with Crippen molar-refractivity contribution in [1.82, 2.24) is 4.72 Å². The average Bonchev–Trinajstić information content (AvgIpc) is 2.01. The first-order valence-corrected chi connectivity index (χ1v) is 6.19. The van der Waals surface area contributed by atoms with Crippen LogP contribution in [0.5, 0.6) is 0 Å². The molecule has 0 fully saturated rings. The summed E-state index contributed by atoms with van der Waals surface area (Å²) < 4.78 is 28.0. The first-order valence-electron chi connectivity index (χ1n) is 3.63. The molecule has 13 heavy (non-hydrogen) atoms. The second kappa shape index (κ2) is 3.10. The monoisotopic (exact) mass is 310 g/mol. The molecule has 0 bridgehead atoms. The Morgan fingerprint density at radius 2 is 2.15 bits per heavy atom. The summed E-state index contributed by atoms with van der Waals surface area (Å²) in [6.45, 7) is 0.363. The maximum Gasteiger partial charge on any atom is 0.299 e. The Balaban J connectivity index is 2.50. The normalized spacial score (nSPS) is 18.8. The molecule has 70 valence electrons. The minimum absolute atomic E-state index is 0.363. The SMILES string of the molecule is O=S1(=O)NCc2ccc(I)cc2N1. The summed E-state index contributed by atoms with van der Waals surface area (Å²) in [7, 11) is -3.32. The number of benzene rings is 1. The summed E-state index contributed by atoms with van der Waals surface area (Å²) in [6.07, 6.45) is 0. The molecule has 0 radical (unpaired) electrons. The zero-order valence-corrected chi connectivity index (χ0v) is 9.52. The Kier molecular flexibility index (Phi) is 2.20. The summed E-state index contributed by atoms with van der Waals surface area (Å²) >= 11 is 2.14. The molecule has 1 aliphatic heterocycles. The van der Waals surface area contributed by atoms with E-state index in [9.17, 15) is 8.42 Å². The molecule has 0 saturated carbocycles. The Labute approximate surface area is 90.0 Å². The molecule has 1 aromatic rings. The van der Waals surface area contributed by atoms with E-state index in [1.165, 1.54) is 0 Å². The van der Waals surface area contributed by atoms with E-state index >= 15 is 0 Å². The molecule has 2 rings (SSSR count). The molecule has 4 nitrogen and oxygen atoms in total. The number of hydrogen-bond donors (Lipinski definition) is 2. The molecule has 0 aromatic heterocycles. The minimum atomic E-state index is -3.32. The fourth-order valence-electron chi connectivity index (χ4n) is 1.15. The first kappa shape index (κ1) is 9.22. The van der Waals surface area contributed by atoms with Crippen LogP contribution in [0.4, 0.5) is 5.69 Å². The molecule has 2 N–H and O–H groups in total. The van der Waals surface area contributed by atoms with Crippen LogP contribution in [-0.2, 0) is 16.8 Å². The van der Waals surface area contributed by atoms with Crippen molar-refractivity contribution < 1.29 is 8.42 Å². The van der Waals surface area contributed by atoms with Crippen LogP contribution in [0.1, 0.15) is 5.56 Å². The first-order chi connectivity index (χ1) is 6.07. The molecule has 1 aliphatic rings. The quantitative estimate of drug-likeness (QED) is 0.704. The van der Waals surface area contributed by atoms with Gasteiger partial charge in [0.1, 0.15) is 0 Å². The van der Waals surface area contributed by atoms with Gasteiger partial charge >= 0.3 is 0 Å². The van der Waals surface area contributed by atoms with Crippen molar-refractivity contribution in [2.24, 2.45) is 0 Å². The lowest BCUT2D eigenvalue weighted by molar-refractivity contribution is 0.584. The third-order valence-electron chi connectivity index (χ3n) is 1.77. The molecular formula is C7H7IN2O2S. The number of halogens is 1. The summed E-state index contributed by atoms with van der Waals surface area (Å²) in [5.41, 5.74) is 1.64. The molecule has 0 amide bonds. The van der Waals surface area contributed by atoms with Crippen LogP contribution in [-0.4, -0.2) is 8.42 Å². The topological polar surface area (TPSA) is 58.2 Å². The van der Waals surface area contributed by atoms with Gasteiger partial charge in [0.15, 0.2) is 0 Å². The number of nitrogens with one attached hydrogen (secondary N) is 2. The van der Waals surface area contributed by atoms with E-state index in [1.54, 1.807) is 0 Å². The van der Waals surface area contributed by atoms with Crippen molar-refractivity contribution in [2.75, 3.05) is 4.72 Å². The van der Waals surface area contributed by atoms with Gasteiger partial charge in [-0.2, -0.15) is 13.1 Å². The maximum absolute atomic E-state index is 11.1. The highest BCUT2D eigenvalue weighted by molar-refractivity contribution is 14.1. The van der Waals surface area contributed by atoms with Gasteiger partial charge in [0.25, 0.3) is 10.2 Å². The van der Waals surface area contributed by atoms with Crippen molar-refractivity contribution in [1.29, 1.82) is 0 Å². The molecule has 0 aliphatic carbocycles. The van der Waals surface area contributed by atoms with E-state index in [2.05, 4.69) is 32.0 Å². The Hall–Kier alpha value is -0.340. The van der Waals surface area contributed by atoms with Crippen LogP contribution >= 0.6 is 22.6 Å². The van der Waals surface area contributed by atoms with E-state index < -0.39 is 10.2 Å². The smallest absolute Gasteiger partial charge is 0.271 e. The number of anilines is 1. The highest BCUT2D eigenvalue weighted by Crippen LogP contribution is 2.22. The summed E-state index contributed by atoms with van der Waals surface area (Å²) in [5, 5.41) is 0. The average molecular weight is 310 g/mol. The summed E-state index contributed by atoms with van der Waals surface area (Å²) in [4.78, 5) is 0. The Bertz CT molecular complexity index is 444.